The van der Waals surface area contributed by atoms with Crippen LogP contribution in [0.2, 0.25) is 0 Å². The number of aliphatic hydroxyl groups excluding tert-OH is 2. The molecule has 0 bridgehead atoms. The Morgan fingerprint density at radius 2 is 0.744 bits per heavy atom. The van der Waals surface area contributed by atoms with E-state index in [0.717, 1.165) is 43.8 Å². The standard InChI is InChI=1S/C66H86N4O10S2/c1-43(2)57(69-61(73)51(41-81(77,78)65(5,6)7)39-49-31-21-29-47-27-17-19-33-53(47)49)63(75)67-55(37-35-45-23-13-11-14-24-45)59(71)60(72)56(38-36-46-25-15-12-16-26-46)68-64(76)58(44(3)4)70-62(74)52(42-82(79,80)66(8,9)10)40-50-32-22-30-48-28-18-20-34-54(48)50/h11-34,43-44,51-52,55-60,71-72H,35-42H2,1-10H3,(H,67,75)(H,68,76)(H,69,73)(H,70,74)/t51-,52-,55+,56+,57+,58+,59-,60-/m1/s1. The summed E-state index contributed by atoms with van der Waals surface area (Å²) in [6.07, 6.45) is -2.37. The van der Waals surface area contributed by atoms with Crippen LogP contribution in [-0.2, 0) is 64.5 Å². The van der Waals surface area contributed by atoms with Gasteiger partial charge in [0, 0.05) is 0 Å². The molecule has 0 aliphatic heterocycles. The van der Waals surface area contributed by atoms with E-state index >= 15 is 0 Å². The van der Waals surface area contributed by atoms with Gasteiger partial charge in [-0.05, 0) is 136 Å². The minimum absolute atomic E-state index is 0.0712. The molecule has 442 valence electrons. The van der Waals surface area contributed by atoms with Gasteiger partial charge in [-0.1, -0.05) is 173 Å². The highest BCUT2D eigenvalue weighted by molar-refractivity contribution is 7.93. The predicted octanol–water partition coefficient (Wildman–Crippen LogP) is 8.68. The third kappa shape index (κ3) is 17.3. The van der Waals surface area contributed by atoms with Crippen LogP contribution in [-0.4, -0.2) is 108 Å². The Morgan fingerprint density at radius 3 is 1.07 bits per heavy atom. The molecule has 0 aromatic heterocycles. The third-order valence-electron chi connectivity index (χ3n) is 15.6. The van der Waals surface area contributed by atoms with Gasteiger partial charge in [0.15, 0.2) is 19.7 Å². The predicted molar refractivity (Wildman–Crippen MR) is 328 cm³/mol. The van der Waals surface area contributed by atoms with Gasteiger partial charge < -0.3 is 31.5 Å². The molecular formula is C66H86N4O10S2. The molecule has 0 unspecified atom stereocenters. The molecule has 0 heterocycles. The molecule has 14 nitrogen and oxygen atoms in total. The van der Waals surface area contributed by atoms with E-state index in [9.17, 15) is 46.2 Å². The number of fused-ring (bicyclic) bond motifs is 2. The Morgan fingerprint density at radius 1 is 0.427 bits per heavy atom. The number of aryl methyl sites for hydroxylation is 2. The highest BCUT2D eigenvalue weighted by Gasteiger charge is 2.41. The van der Waals surface area contributed by atoms with Crippen LogP contribution in [0.5, 0.6) is 0 Å². The topological polar surface area (TPSA) is 225 Å². The van der Waals surface area contributed by atoms with Gasteiger partial charge in [-0.25, -0.2) is 16.8 Å². The number of hydrogen-bond donors (Lipinski definition) is 6. The number of carbonyl (C=O) groups excluding carboxylic acids is 4. The van der Waals surface area contributed by atoms with Gasteiger partial charge in [0.2, 0.25) is 23.6 Å². The molecule has 0 aliphatic rings. The molecule has 8 atom stereocenters. The van der Waals surface area contributed by atoms with E-state index in [1.54, 1.807) is 69.2 Å². The number of carbonyl (C=O) groups is 4. The zero-order chi connectivity index (χ0) is 60.2. The van der Waals surface area contributed by atoms with E-state index in [-0.39, 0.29) is 25.7 Å². The SMILES string of the molecule is CC(C)[C@H](NC(=O)[C@H](Cc1cccc2ccccc12)CS(=O)(=O)C(C)(C)C)C(=O)N[C@@H](CCc1ccccc1)[C@@H](O)[C@H](O)[C@H](CCc1ccccc1)NC(=O)[C@@H](NC(=O)[C@H](Cc1cccc2ccccc12)CS(=O)(=O)C(C)(C)C)C(C)C. The largest absolute Gasteiger partial charge is 0.388 e. The molecular weight excluding hydrogens is 1070 g/mol. The molecule has 4 amide bonds. The third-order valence-corrected chi connectivity index (χ3v) is 21.1. The van der Waals surface area contributed by atoms with Crippen molar-refractivity contribution in [3.8, 4) is 0 Å². The van der Waals surface area contributed by atoms with Gasteiger partial charge in [0.1, 0.15) is 24.3 Å². The summed E-state index contributed by atoms with van der Waals surface area (Å²) in [7, 11) is -7.70. The smallest absolute Gasteiger partial charge is 0.243 e. The van der Waals surface area contributed by atoms with Gasteiger partial charge in [0.05, 0.1) is 44.9 Å². The van der Waals surface area contributed by atoms with Crippen molar-refractivity contribution in [1.29, 1.82) is 0 Å². The maximum atomic E-state index is 14.8. The summed E-state index contributed by atoms with van der Waals surface area (Å²) in [6, 6.07) is 40.6. The van der Waals surface area contributed by atoms with Crippen LogP contribution in [0.25, 0.3) is 21.5 Å². The molecule has 0 fully saturated rings. The number of aliphatic hydroxyl groups is 2. The highest BCUT2D eigenvalue weighted by atomic mass is 32.2. The first kappa shape index (κ1) is 64.7. The first-order chi connectivity index (χ1) is 38.6. The molecule has 82 heavy (non-hydrogen) atoms. The van der Waals surface area contributed by atoms with Crippen molar-refractivity contribution in [3.63, 3.8) is 0 Å². The molecule has 0 saturated heterocycles. The molecule has 6 aromatic rings. The average Bonchev–Trinajstić information content (AvgIpc) is 3.49. The fourth-order valence-electron chi connectivity index (χ4n) is 10.2. The van der Waals surface area contributed by atoms with Crippen LogP contribution in [0.4, 0.5) is 0 Å². The fraction of sp³-hybridized carbons (Fsp3) is 0.455. The Hall–Kier alpha value is -6.46. The lowest BCUT2D eigenvalue weighted by Crippen LogP contribution is -2.61. The Balaban J connectivity index is 1.29. The van der Waals surface area contributed by atoms with Gasteiger partial charge in [0.25, 0.3) is 0 Å². The van der Waals surface area contributed by atoms with Crippen molar-refractivity contribution in [2.45, 2.75) is 154 Å². The van der Waals surface area contributed by atoms with Crippen LogP contribution in [0, 0.1) is 23.7 Å². The summed E-state index contributed by atoms with van der Waals surface area (Å²) in [5.74, 6) is -6.82. The lowest BCUT2D eigenvalue weighted by molar-refractivity contribution is -0.134. The van der Waals surface area contributed by atoms with Crippen LogP contribution >= 0.6 is 0 Å². The molecule has 6 rings (SSSR count). The molecule has 6 N–H and O–H groups in total. The van der Waals surface area contributed by atoms with Crippen LogP contribution < -0.4 is 21.3 Å². The minimum atomic E-state index is -3.85. The van der Waals surface area contributed by atoms with E-state index in [1.807, 2.05) is 146 Å². The Bertz CT molecular complexity index is 3110. The summed E-state index contributed by atoms with van der Waals surface area (Å²) >= 11 is 0. The molecule has 0 saturated carbocycles. The maximum absolute atomic E-state index is 14.8. The average molecular weight is 1160 g/mol. The van der Waals surface area contributed by atoms with E-state index in [0.29, 0.717) is 12.8 Å². The van der Waals surface area contributed by atoms with Gasteiger partial charge in [-0.3, -0.25) is 19.2 Å². The zero-order valence-electron chi connectivity index (χ0n) is 49.3. The summed E-state index contributed by atoms with van der Waals surface area (Å²) in [5, 5.41) is 40.3. The first-order valence-corrected chi connectivity index (χ1v) is 31.9. The summed E-state index contributed by atoms with van der Waals surface area (Å²) in [5.41, 5.74) is 3.31. The lowest BCUT2D eigenvalue weighted by Gasteiger charge is -2.35. The molecule has 6 aromatic carbocycles. The zero-order valence-corrected chi connectivity index (χ0v) is 50.9. The van der Waals surface area contributed by atoms with Gasteiger partial charge in [-0.15, -0.1) is 0 Å². The molecule has 0 radical (unpaired) electrons. The fourth-order valence-corrected chi connectivity index (χ4v) is 12.8. The van der Waals surface area contributed by atoms with Crippen molar-refractivity contribution in [2.75, 3.05) is 11.5 Å². The summed E-state index contributed by atoms with van der Waals surface area (Å²) in [4.78, 5) is 58.8. The number of rotatable bonds is 27. The van der Waals surface area contributed by atoms with Crippen molar-refractivity contribution < 1.29 is 46.2 Å². The van der Waals surface area contributed by atoms with Crippen LogP contribution in [0.15, 0.2) is 146 Å². The lowest BCUT2D eigenvalue weighted by atomic mass is 9.90. The van der Waals surface area contributed by atoms with Crippen molar-refractivity contribution in [2.24, 2.45) is 23.7 Å². The second-order valence-electron chi connectivity index (χ2n) is 24.6. The molecule has 16 heteroatoms. The monoisotopic (exact) mass is 1160 g/mol. The van der Waals surface area contributed by atoms with Crippen LogP contribution in [0.1, 0.15) is 104 Å². The van der Waals surface area contributed by atoms with Crippen molar-refractivity contribution in [1.82, 2.24) is 21.3 Å². The Labute approximate surface area is 486 Å². The summed E-state index contributed by atoms with van der Waals surface area (Å²) in [6.45, 7) is 16.5. The van der Waals surface area contributed by atoms with Crippen molar-refractivity contribution in [3.05, 3.63) is 168 Å². The van der Waals surface area contributed by atoms with Crippen LogP contribution in [0.3, 0.4) is 0 Å². The summed E-state index contributed by atoms with van der Waals surface area (Å²) < 4.78 is 53.0. The van der Waals surface area contributed by atoms with Gasteiger partial charge >= 0.3 is 0 Å². The Kier molecular flexibility index (Phi) is 22.3. The van der Waals surface area contributed by atoms with Gasteiger partial charge in [-0.2, -0.15) is 0 Å². The molecule has 0 aliphatic carbocycles. The second-order valence-corrected chi connectivity index (χ2v) is 30.2. The number of hydrogen-bond acceptors (Lipinski definition) is 10. The normalized spacial score (nSPS) is 15.4. The maximum Gasteiger partial charge on any atom is 0.243 e. The molecule has 0 spiro atoms. The number of benzene rings is 6. The number of sulfone groups is 2. The second kappa shape index (κ2) is 28.2. The first-order valence-electron chi connectivity index (χ1n) is 28.6. The van der Waals surface area contributed by atoms with E-state index in [4.69, 9.17) is 0 Å². The van der Waals surface area contributed by atoms with E-state index in [2.05, 4.69) is 21.3 Å². The van der Waals surface area contributed by atoms with E-state index < -0.39 is 124 Å². The highest BCUT2D eigenvalue weighted by Crippen LogP contribution is 2.28. The quantitative estimate of drug-likeness (QED) is 0.0288. The minimum Gasteiger partial charge on any atom is -0.388 e. The van der Waals surface area contributed by atoms with E-state index in [1.165, 1.54) is 0 Å². The number of amides is 4. The van der Waals surface area contributed by atoms with Crippen molar-refractivity contribution >= 4 is 64.8 Å². The number of nitrogens with one attached hydrogen (secondary N) is 4.